The fraction of sp³-hybridized carbons (Fsp3) is 0.400. The van der Waals surface area contributed by atoms with E-state index in [2.05, 4.69) is 25.8 Å². The monoisotopic (exact) mass is 292 g/mol. The Balaban J connectivity index is 2.51. The molecule has 5 heteroatoms. The number of nitrogens with zero attached hydrogens (tertiary/aromatic N) is 2. The Morgan fingerprint density at radius 2 is 2.05 bits per heavy atom. The number of nitro groups is 1. The van der Waals surface area contributed by atoms with Gasteiger partial charge in [0.2, 0.25) is 0 Å². The molecule has 0 aliphatic heterocycles. The van der Waals surface area contributed by atoms with Crippen molar-refractivity contribution in [3.05, 3.63) is 46.1 Å². The lowest BCUT2D eigenvalue weighted by Crippen LogP contribution is -2.23. The molecule has 1 aromatic heterocycles. The van der Waals surface area contributed by atoms with E-state index in [0.717, 1.165) is 10.9 Å². The molecule has 4 nitrogen and oxygen atoms in total. The molecule has 1 unspecified atom stereocenters. The molecule has 2 rings (SSSR count). The van der Waals surface area contributed by atoms with Gasteiger partial charge in [-0.3, -0.25) is 10.1 Å². The highest BCUT2D eigenvalue weighted by molar-refractivity contribution is 6.21. The van der Waals surface area contributed by atoms with Crippen molar-refractivity contribution in [2.24, 2.45) is 5.41 Å². The Kier molecular flexibility index (Phi) is 3.95. The largest absolute Gasteiger partial charge is 0.295 e. The predicted octanol–water partition coefficient (Wildman–Crippen LogP) is 4.34. The summed E-state index contributed by atoms with van der Waals surface area (Å²) >= 11 is 6.44. The van der Waals surface area contributed by atoms with Gasteiger partial charge in [-0.05, 0) is 23.5 Å². The van der Waals surface area contributed by atoms with E-state index in [9.17, 15) is 10.1 Å². The lowest BCUT2D eigenvalue weighted by molar-refractivity contribution is -0.383. The molecule has 0 bridgehead atoms. The van der Waals surface area contributed by atoms with Crippen LogP contribution in [0.5, 0.6) is 0 Å². The van der Waals surface area contributed by atoms with Crippen molar-refractivity contribution < 1.29 is 4.92 Å². The number of aromatic nitrogens is 1. The molecule has 20 heavy (non-hydrogen) atoms. The minimum Gasteiger partial charge on any atom is -0.258 e. The van der Waals surface area contributed by atoms with E-state index >= 15 is 0 Å². The van der Waals surface area contributed by atoms with E-state index in [-0.39, 0.29) is 16.5 Å². The maximum absolute atomic E-state index is 11.0. The predicted molar refractivity (Wildman–Crippen MR) is 81.2 cm³/mol. The van der Waals surface area contributed by atoms with Crippen LogP contribution in [0.1, 0.15) is 26.3 Å². The number of nitro benzene ring substituents is 1. The normalized spacial score (nSPS) is 13.4. The number of pyridine rings is 1. The number of non-ortho nitro benzene ring substituents is 1. The molecule has 0 radical (unpaired) electrons. The van der Waals surface area contributed by atoms with Crippen molar-refractivity contribution in [1.29, 1.82) is 0 Å². The van der Waals surface area contributed by atoms with Gasteiger partial charge >= 0.3 is 0 Å². The second-order valence-corrected chi connectivity index (χ2v) is 6.47. The van der Waals surface area contributed by atoms with E-state index in [4.69, 9.17) is 11.6 Å². The van der Waals surface area contributed by atoms with Crippen LogP contribution in [0.15, 0.2) is 30.5 Å². The van der Waals surface area contributed by atoms with Gasteiger partial charge in [0, 0.05) is 23.0 Å². The molecule has 0 N–H and O–H groups in total. The van der Waals surface area contributed by atoms with E-state index < -0.39 is 4.92 Å². The number of fused-ring (bicyclic) bond motifs is 1. The Morgan fingerprint density at radius 3 is 2.65 bits per heavy atom. The standard InChI is InChI=1S/C15H17ClN2O2/c1-15(2,3)13(16)9-10-7-8-17-14-11(10)5-4-6-12(14)18(19)20/h4-8,13H,9H2,1-3H3. The summed E-state index contributed by atoms with van der Waals surface area (Å²) in [5, 5.41) is 11.8. The van der Waals surface area contributed by atoms with Crippen LogP contribution >= 0.6 is 11.6 Å². The van der Waals surface area contributed by atoms with Gasteiger partial charge < -0.3 is 0 Å². The molecular weight excluding hydrogens is 276 g/mol. The molecule has 0 amide bonds. The van der Waals surface area contributed by atoms with Crippen molar-refractivity contribution in [3.63, 3.8) is 0 Å². The zero-order chi connectivity index (χ0) is 14.9. The fourth-order valence-electron chi connectivity index (χ4n) is 2.04. The first-order valence-corrected chi connectivity index (χ1v) is 6.89. The first kappa shape index (κ1) is 14.7. The van der Waals surface area contributed by atoms with E-state index in [1.807, 2.05) is 12.1 Å². The molecule has 0 aliphatic carbocycles. The number of alkyl halides is 1. The number of hydrogen-bond acceptors (Lipinski definition) is 3. The van der Waals surface area contributed by atoms with Gasteiger partial charge in [0.25, 0.3) is 5.69 Å². The van der Waals surface area contributed by atoms with E-state index in [1.165, 1.54) is 6.07 Å². The third-order valence-electron chi connectivity index (χ3n) is 3.38. The first-order chi connectivity index (χ1) is 9.30. The summed E-state index contributed by atoms with van der Waals surface area (Å²) in [7, 11) is 0. The highest BCUT2D eigenvalue weighted by Gasteiger charge is 2.24. The number of hydrogen-bond donors (Lipinski definition) is 0. The van der Waals surface area contributed by atoms with Gasteiger partial charge in [0.1, 0.15) is 5.52 Å². The minimum atomic E-state index is -0.402. The molecule has 106 valence electrons. The molecule has 0 aliphatic rings. The Bertz CT molecular complexity index is 650. The van der Waals surface area contributed by atoms with E-state index in [1.54, 1.807) is 12.3 Å². The Hall–Kier alpha value is -1.68. The summed E-state index contributed by atoms with van der Waals surface area (Å²) in [5.41, 5.74) is 1.42. The average molecular weight is 293 g/mol. The second-order valence-electron chi connectivity index (χ2n) is 5.94. The van der Waals surface area contributed by atoms with Crippen molar-refractivity contribution in [1.82, 2.24) is 4.98 Å². The van der Waals surface area contributed by atoms with Gasteiger partial charge in [0.05, 0.1) is 4.92 Å². The van der Waals surface area contributed by atoms with Gasteiger partial charge in [-0.15, -0.1) is 11.6 Å². The molecule has 0 saturated heterocycles. The zero-order valence-electron chi connectivity index (χ0n) is 11.8. The van der Waals surface area contributed by atoms with Crippen molar-refractivity contribution in [3.8, 4) is 0 Å². The van der Waals surface area contributed by atoms with Crippen LogP contribution in [-0.4, -0.2) is 15.3 Å². The van der Waals surface area contributed by atoms with E-state index in [0.29, 0.717) is 11.9 Å². The first-order valence-electron chi connectivity index (χ1n) is 6.46. The number of benzene rings is 1. The molecule has 1 heterocycles. The third kappa shape index (κ3) is 2.90. The van der Waals surface area contributed by atoms with Crippen molar-refractivity contribution in [2.75, 3.05) is 0 Å². The SMILES string of the molecule is CC(C)(C)C(Cl)Cc1ccnc2c([N+](=O)[O-])cccc12. The molecule has 0 saturated carbocycles. The van der Waals surface area contributed by atoms with Gasteiger partial charge in [-0.2, -0.15) is 0 Å². The molecule has 0 spiro atoms. The van der Waals surface area contributed by atoms with Crippen LogP contribution in [0.2, 0.25) is 0 Å². The second kappa shape index (κ2) is 5.37. The smallest absolute Gasteiger partial charge is 0.258 e. The average Bonchev–Trinajstić information content (AvgIpc) is 2.37. The maximum Gasteiger partial charge on any atom is 0.295 e. The third-order valence-corrected chi connectivity index (χ3v) is 4.18. The van der Waals surface area contributed by atoms with Crippen LogP contribution in [0, 0.1) is 15.5 Å². The van der Waals surface area contributed by atoms with Crippen LogP contribution in [0.3, 0.4) is 0 Å². The molecule has 0 fully saturated rings. The van der Waals surface area contributed by atoms with Crippen LogP contribution in [0.25, 0.3) is 10.9 Å². The summed E-state index contributed by atoms with van der Waals surface area (Å²) in [6.45, 7) is 6.24. The van der Waals surface area contributed by atoms with Crippen LogP contribution in [-0.2, 0) is 6.42 Å². The quantitative estimate of drug-likeness (QED) is 0.480. The summed E-state index contributed by atoms with van der Waals surface area (Å²) in [4.78, 5) is 14.8. The Labute approximate surface area is 122 Å². The van der Waals surface area contributed by atoms with Crippen LogP contribution in [0.4, 0.5) is 5.69 Å². The maximum atomic E-state index is 11.0. The van der Waals surface area contributed by atoms with Gasteiger partial charge in [-0.1, -0.05) is 32.9 Å². The molecule has 1 atom stereocenters. The lowest BCUT2D eigenvalue weighted by Gasteiger charge is -2.25. The lowest BCUT2D eigenvalue weighted by atomic mass is 9.87. The fourth-order valence-corrected chi connectivity index (χ4v) is 2.21. The number of para-hydroxylation sites is 1. The number of halogens is 1. The van der Waals surface area contributed by atoms with Crippen LogP contribution < -0.4 is 0 Å². The van der Waals surface area contributed by atoms with Gasteiger partial charge in [-0.25, -0.2) is 4.98 Å². The highest BCUT2D eigenvalue weighted by atomic mass is 35.5. The Morgan fingerprint density at radius 1 is 1.35 bits per heavy atom. The summed E-state index contributed by atoms with van der Waals surface area (Å²) in [6.07, 6.45) is 2.27. The molecule has 1 aromatic carbocycles. The zero-order valence-corrected chi connectivity index (χ0v) is 12.5. The highest BCUT2D eigenvalue weighted by Crippen LogP contribution is 2.31. The molecule has 2 aromatic rings. The summed E-state index contributed by atoms with van der Waals surface area (Å²) < 4.78 is 0. The summed E-state index contributed by atoms with van der Waals surface area (Å²) in [5.74, 6) is 0. The van der Waals surface area contributed by atoms with Crippen molar-refractivity contribution >= 4 is 28.2 Å². The summed E-state index contributed by atoms with van der Waals surface area (Å²) in [6, 6.07) is 6.90. The minimum absolute atomic E-state index is 0.0299. The van der Waals surface area contributed by atoms with Crippen molar-refractivity contribution in [2.45, 2.75) is 32.6 Å². The number of rotatable bonds is 3. The van der Waals surface area contributed by atoms with Gasteiger partial charge in [0.15, 0.2) is 0 Å². The topological polar surface area (TPSA) is 56.0 Å². The molecular formula is C15H17ClN2O2.